The van der Waals surface area contributed by atoms with Crippen LogP contribution in [0.1, 0.15) is 139 Å². The normalized spacial score (nSPS) is 45.5. The molecule has 0 aromatic rings. The topological polar surface area (TPSA) is 116 Å². The lowest BCUT2D eigenvalue weighted by Gasteiger charge is -2.65. The van der Waals surface area contributed by atoms with Crippen molar-refractivity contribution in [2.75, 3.05) is 7.11 Å². The van der Waals surface area contributed by atoms with Gasteiger partial charge in [0.25, 0.3) is 0 Å². The summed E-state index contributed by atoms with van der Waals surface area (Å²) in [6.45, 7) is 16.8. The van der Waals surface area contributed by atoms with Crippen LogP contribution < -0.4 is 0 Å². The van der Waals surface area contributed by atoms with Crippen LogP contribution in [-0.2, 0) is 48.1 Å². The molecule has 0 bridgehead atoms. The minimum Gasteiger partial charge on any atom is -0.469 e. The summed E-state index contributed by atoms with van der Waals surface area (Å²) in [4.78, 5) is 62.3. The maximum atomic E-state index is 12.7. The fourth-order valence-electron chi connectivity index (χ4n) is 12.0. The van der Waals surface area contributed by atoms with Crippen molar-refractivity contribution in [3.05, 3.63) is 0 Å². The predicted octanol–water partition coefficient (Wildman–Crippen LogP) is 7.86. The van der Waals surface area contributed by atoms with E-state index in [4.69, 9.17) is 33.8 Å². The van der Waals surface area contributed by atoms with Crippen LogP contribution in [-0.4, -0.2) is 48.8 Å². The zero-order valence-corrected chi connectivity index (χ0v) is 31.5. The molecular formula is C39H62O10. The van der Waals surface area contributed by atoms with E-state index in [-0.39, 0.29) is 81.9 Å². The van der Waals surface area contributed by atoms with E-state index in [1.807, 2.05) is 0 Å². The molecule has 6 fully saturated rings. The lowest BCUT2D eigenvalue weighted by Crippen LogP contribution is -2.65. The van der Waals surface area contributed by atoms with Crippen molar-refractivity contribution < 1.29 is 48.1 Å². The molecule has 278 valence electrons. The van der Waals surface area contributed by atoms with Crippen LogP contribution in [0.3, 0.4) is 0 Å². The molecule has 10 nitrogen and oxygen atoms in total. The molecule has 6 rings (SSSR count). The number of methoxy groups -OCH3 is 1. The van der Waals surface area contributed by atoms with Crippen LogP contribution in [0.5, 0.6) is 0 Å². The van der Waals surface area contributed by atoms with Gasteiger partial charge in [-0.05, 0) is 97.7 Å². The summed E-state index contributed by atoms with van der Waals surface area (Å²) >= 11 is 0. The molecule has 0 aromatic heterocycles. The summed E-state index contributed by atoms with van der Waals surface area (Å²) in [5.74, 6) is -0.911. The molecule has 0 radical (unpaired) electrons. The number of carbonyl (C=O) groups excluding carboxylic acids is 3. The summed E-state index contributed by atoms with van der Waals surface area (Å²) in [5, 5.41) is 0. The Labute approximate surface area is 293 Å². The van der Waals surface area contributed by atoms with Gasteiger partial charge in [-0.1, -0.05) is 41.5 Å². The van der Waals surface area contributed by atoms with Crippen molar-refractivity contribution in [1.29, 1.82) is 0 Å². The molecule has 49 heavy (non-hydrogen) atoms. The van der Waals surface area contributed by atoms with Gasteiger partial charge in [0, 0.05) is 57.3 Å². The van der Waals surface area contributed by atoms with Gasteiger partial charge in [-0.25, -0.2) is 0 Å². The molecule has 1 heterocycles. The van der Waals surface area contributed by atoms with Crippen LogP contribution in [0.2, 0.25) is 0 Å². The SMILES string of the molecule is COC(=O)CCC(C)[C@H]1CCC2C3C(C[C@H](OC(C)=O)[C@@]21C)[C@@]1(C)CCC2(C[C@H]1C[C@H]3OC(C)=O)OOC1(CCC(C(C)(C)C)CC1)OO2. The van der Waals surface area contributed by atoms with Gasteiger partial charge >= 0.3 is 17.9 Å². The second-order valence-electron chi connectivity index (χ2n) is 18.4. The smallest absolute Gasteiger partial charge is 0.305 e. The van der Waals surface area contributed by atoms with Crippen molar-refractivity contribution in [2.45, 2.75) is 163 Å². The second-order valence-corrected chi connectivity index (χ2v) is 18.4. The Morgan fingerprint density at radius 2 is 1.45 bits per heavy atom. The van der Waals surface area contributed by atoms with Crippen LogP contribution >= 0.6 is 0 Å². The summed E-state index contributed by atoms with van der Waals surface area (Å²) in [7, 11) is 1.43. The van der Waals surface area contributed by atoms with E-state index in [0.717, 1.165) is 51.4 Å². The van der Waals surface area contributed by atoms with Gasteiger partial charge in [0.05, 0.1) is 7.11 Å². The van der Waals surface area contributed by atoms with Gasteiger partial charge in [0.2, 0.25) is 11.6 Å². The van der Waals surface area contributed by atoms with E-state index >= 15 is 0 Å². The first-order valence-corrected chi connectivity index (χ1v) is 19.1. The lowest BCUT2D eigenvalue weighted by atomic mass is 9.42. The van der Waals surface area contributed by atoms with Gasteiger partial charge < -0.3 is 14.2 Å². The minimum absolute atomic E-state index is 0.114. The third-order valence-electron chi connectivity index (χ3n) is 14.8. The molecule has 5 saturated carbocycles. The number of carbonyl (C=O) groups is 3. The zero-order valence-electron chi connectivity index (χ0n) is 31.5. The highest BCUT2D eigenvalue weighted by atomic mass is 17.4. The van der Waals surface area contributed by atoms with Gasteiger partial charge in [-0.2, -0.15) is 19.6 Å². The van der Waals surface area contributed by atoms with Crippen molar-refractivity contribution in [1.82, 2.24) is 0 Å². The fourth-order valence-corrected chi connectivity index (χ4v) is 12.0. The number of rotatable bonds is 6. The highest BCUT2D eigenvalue weighted by Crippen LogP contribution is 2.70. The molecule has 6 aliphatic rings. The van der Waals surface area contributed by atoms with Crippen LogP contribution in [0.25, 0.3) is 0 Å². The van der Waals surface area contributed by atoms with Gasteiger partial charge in [0.15, 0.2) is 0 Å². The van der Waals surface area contributed by atoms with E-state index in [1.54, 1.807) is 0 Å². The largest absolute Gasteiger partial charge is 0.469 e. The highest BCUT2D eigenvalue weighted by Gasteiger charge is 2.69. The van der Waals surface area contributed by atoms with E-state index in [2.05, 4.69) is 41.5 Å². The van der Waals surface area contributed by atoms with E-state index in [9.17, 15) is 14.4 Å². The molecule has 1 aliphatic heterocycles. The van der Waals surface area contributed by atoms with E-state index in [1.165, 1.54) is 21.0 Å². The summed E-state index contributed by atoms with van der Waals surface area (Å²) in [5.41, 5.74) is -0.192. The zero-order chi connectivity index (χ0) is 35.6. The number of esters is 3. The Balaban J connectivity index is 1.23. The summed E-state index contributed by atoms with van der Waals surface area (Å²) in [6, 6.07) is 0. The van der Waals surface area contributed by atoms with Gasteiger partial charge in [-0.15, -0.1) is 0 Å². The monoisotopic (exact) mass is 690 g/mol. The summed E-state index contributed by atoms with van der Waals surface area (Å²) < 4.78 is 17.5. The first-order chi connectivity index (χ1) is 23.0. The van der Waals surface area contributed by atoms with Crippen molar-refractivity contribution in [3.8, 4) is 0 Å². The Hall–Kier alpha value is -1.75. The summed E-state index contributed by atoms with van der Waals surface area (Å²) in [6.07, 6.45) is 9.36. The van der Waals surface area contributed by atoms with Gasteiger partial charge in [0.1, 0.15) is 12.2 Å². The third kappa shape index (κ3) is 6.70. The standard InChI is InChI=1S/C39H62O10/c1-23(10-13-33(42)43-9)28-11-12-29-34-30(21-32(37(28,29)8)45-25(3)41)36(7)18-19-39(22-27(36)20-31(34)44-24(2)40)48-46-38(47-49-39)16-14-26(15-17-38)35(4,5)6/h23,26-32,34H,10-22H2,1-9H3/t23?,26?,27-,28-,29?,30?,31-,32+,34?,36+,37-,38?,39?/m1/s1. The van der Waals surface area contributed by atoms with Crippen LogP contribution in [0.4, 0.5) is 0 Å². The number of ether oxygens (including phenoxy) is 3. The van der Waals surface area contributed by atoms with Crippen molar-refractivity contribution in [2.24, 2.45) is 57.7 Å². The first kappa shape index (κ1) is 37.0. The molecule has 0 aromatic carbocycles. The molecule has 4 unspecified atom stereocenters. The maximum Gasteiger partial charge on any atom is 0.305 e. The Kier molecular flexibility index (Phi) is 10.1. The number of hydrogen-bond acceptors (Lipinski definition) is 10. The Bertz CT molecular complexity index is 1240. The van der Waals surface area contributed by atoms with Crippen molar-refractivity contribution in [3.63, 3.8) is 0 Å². The fraction of sp³-hybridized carbons (Fsp3) is 0.923. The molecule has 2 spiro atoms. The third-order valence-corrected chi connectivity index (χ3v) is 14.8. The maximum absolute atomic E-state index is 12.7. The van der Waals surface area contributed by atoms with E-state index < -0.39 is 11.6 Å². The van der Waals surface area contributed by atoms with Gasteiger partial charge in [-0.3, -0.25) is 14.4 Å². The molecule has 5 aliphatic carbocycles. The molecule has 1 saturated heterocycles. The molecule has 10 atom stereocenters. The predicted molar refractivity (Wildman–Crippen MR) is 179 cm³/mol. The highest BCUT2D eigenvalue weighted by molar-refractivity contribution is 5.69. The first-order valence-electron chi connectivity index (χ1n) is 19.1. The van der Waals surface area contributed by atoms with E-state index in [0.29, 0.717) is 38.0 Å². The van der Waals surface area contributed by atoms with Crippen LogP contribution in [0, 0.1) is 57.7 Å². The second kappa shape index (κ2) is 13.3. The van der Waals surface area contributed by atoms with Crippen molar-refractivity contribution >= 4 is 17.9 Å². The Morgan fingerprint density at radius 3 is 2.04 bits per heavy atom. The molecular weight excluding hydrogens is 628 g/mol. The number of hydrogen-bond donors (Lipinski definition) is 0. The van der Waals surface area contributed by atoms with Crippen LogP contribution in [0.15, 0.2) is 0 Å². The average Bonchev–Trinajstić information content (AvgIpc) is 3.40. The lowest BCUT2D eigenvalue weighted by molar-refractivity contribution is -0.665. The average molecular weight is 691 g/mol. The number of fused-ring (bicyclic) bond motifs is 5. The molecule has 0 N–H and O–H groups in total. The quantitative estimate of drug-likeness (QED) is 0.155. The Morgan fingerprint density at radius 1 is 0.816 bits per heavy atom. The molecule has 0 amide bonds. The minimum atomic E-state index is -1.02. The molecule has 10 heteroatoms.